The van der Waals surface area contributed by atoms with Crippen LogP contribution in [0.15, 0.2) is 30.3 Å². The molecule has 1 aromatic rings. The molecule has 0 aromatic heterocycles. The number of hydrogen-bond acceptors (Lipinski definition) is 3. The summed E-state index contributed by atoms with van der Waals surface area (Å²) in [5, 5.41) is 10.6. The largest absolute Gasteiger partial charge is 0.387 e. The summed E-state index contributed by atoms with van der Waals surface area (Å²) in [6.07, 6.45) is 9.37. The summed E-state index contributed by atoms with van der Waals surface area (Å²) in [7, 11) is 0. The number of likely N-dealkylation sites (tertiary alicyclic amines) is 1. The van der Waals surface area contributed by atoms with E-state index in [1.54, 1.807) is 0 Å². The van der Waals surface area contributed by atoms with Gasteiger partial charge in [0.2, 0.25) is 5.91 Å². The Labute approximate surface area is 165 Å². The van der Waals surface area contributed by atoms with Gasteiger partial charge < -0.3 is 14.9 Å². The zero-order valence-electron chi connectivity index (χ0n) is 17.1. The average molecular weight is 375 g/mol. The number of hydrogen-bond donors (Lipinski definition) is 1. The number of aliphatic hydroxyl groups is 1. The Morgan fingerprint density at radius 2 is 1.81 bits per heavy atom. The standard InChI is InChI=1S/C23H38N2O2/c1-2-3-4-9-15-23(27)25(19-12-18-24-16-10-6-11-17-24)20-22(26)21-13-7-5-8-14-21/h5,7-8,13-14,22,26H,2-4,6,9-12,15-20H2,1H3. The van der Waals surface area contributed by atoms with Crippen molar-refractivity contribution in [3.63, 3.8) is 0 Å². The molecule has 1 saturated heterocycles. The fourth-order valence-electron chi connectivity index (χ4n) is 3.84. The van der Waals surface area contributed by atoms with Crippen LogP contribution in [0.25, 0.3) is 0 Å². The second-order valence-electron chi connectivity index (χ2n) is 7.83. The second-order valence-corrected chi connectivity index (χ2v) is 7.83. The third-order valence-electron chi connectivity index (χ3n) is 5.53. The van der Waals surface area contributed by atoms with Crippen LogP contribution in [0, 0.1) is 0 Å². The van der Waals surface area contributed by atoms with Crippen molar-refractivity contribution in [3.05, 3.63) is 35.9 Å². The van der Waals surface area contributed by atoms with Crippen LogP contribution in [-0.4, -0.2) is 53.5 Å². The maximum atomic E-state index is 12.8. The first kappa shape index (κ1) is 21.9. The average Bonchev–Trinajstić information content (AvgIpc) is 2.71. The van der Waals surface area contributed by atoms with Gasteiger partial charge in [-0.15, -0.1) is 0 Å². The first-order valence-electron chi connectivity index (χ1n) is 10.9. The van der Waals surface area contributed by atoms with Crippen molar-refractivity contribution < 1.29 is 9.90 Å². The predicted octanol–water partition coefficient (Wildman–Crippen LogP) is 4.40. The maximum Gasteiger partial charge on any atom is 0.222 e. The zero-order chi connectivity index (χ0) is 19.3. The van der Waals surface area contributed by atoms with Crippen LogP contribution in [-0.2, 0) is 4.79 Å². The molecule has 4 nitrogen and oxygen atoms in total. The summed E-state index contributed by atoms with van der Waals surface area (Å²) in [6, 6.07) is 9.69. The van der Waals surface area contributed by atoms with E-state index < -0.39 is 6.10 Å². The lowest BCUT2D eigenvalue weighted by Gasteiger charge is -2.29. The highest BCUT2D eigenvalue weighted by molar-refractivity contribution is 5.76. The molecule has 27 heavy (non-hydrogen) atoms. The molecular weight excluding hydrogens is 336 g/mol. The van der Waals surface area contributed by atoms with E-state index in [1.165, 1.54) is 45.2 Å². The van der Waals surface area contributed by atoms with Crippen LogP contribution in [0.5, 0.6) is 0 Å². The Kier molecular flexibility index (Phi) is 10.5. The minimum Gasteiger partial charge on any atom is -0.387 e. The van der Waals surface area contributed by atoms with Crippen LogP contribution in [0.1, 0.15) is 76.4 Å². The van der Waals surface area contributed by atoms with Gasteiger partial charge in [0.1, 0.15) is 0 Å². The number of amides is 1. The summed E-state index contributed by atoms with van der Waals surface area (Å²) < 4.78 is 0. The Bertz CT molecular complexity index is 514. The highest BCUT2D eigenvalue weighted by Gasteiger charge is 2.19. The van der Waals surface area contributed by atoms with E-state index in [0.29, 0.717) is 13.0 Å². The van der Waals surface area contributed by atoms with Crippen molar-refractivity contribution in [2.75, 3.05) is 32.7 Å². The Morgan fingerprint density at radius 3 is 2.52 bits per heavy atom. The Balaban J connectivity index is 1.85. The van der Waals surface area contributed by atoms with E-state index >= 15 is 0 Å². The topological polar surface area (TPSA) is 43.8 Å². The molecule has 2 rings (SSSR count). The summed E-state index contributed by atoms with van der Waals surface area (Å²) in [4.78, 5) is 17.2. The van der Waals surface area contributed by atoms with Crippen LogP contribution in [0.2, 0.25) is 0 Å². The molecule has 0 bridgehead atoms. The zero-order valence-corrected chi connectivity index (χ0v) is 17.1. The Morgan fingerprint density at radius 1 is 1.07 bits per heavy atom. The molecule has 0 spiro atoms. The van der Waals surface area contributed by atoms with Gasteiger partial charge in [0, 0.05) is 13.0 Å². The number of aliphatic hydroxyl groups excluding tert-OH is 1. The molecule has 1 unspecified atom stereocenters. The van der Waals surface area contributed by atoms with Crippen molar-refractivity contribution >= 4 is 5.91 Å². The number of unbranched alkanes of at least 4 members (excludes halogenated alkanes) is 3. The van der Waals surface area contributed by atoms with Gasteiger partial charge in [-0.2, -0.15) is 0 Å². The van der Waals surface area contributed by atoms with Crippen LogP contribution >= 0.6 is 0 Å². The van der Waals surface area contributed by atoms with Gasteiger partial charge in [-0.3, -0.25) is 4.79 Å². The van der Waals surface area contributed by atoms with Gasteiger partial charge in [0.25, 0.3) is 0 Å². The monoisotopic (exact) mass is 374 g/mol. The fourth-order valence-corrected chi connectivity index (χ4v) is 3.84. The number of piperidine rings is 1. The summed E-state index contributed by atoms with van der Waals surface area (Å²) >= 11 is 0. The molecule has 1 heterocycles. The Hall–Kier alpha value is -1.39. The maximum absolute atomic E-state index is 12.8. The van der Waals surface area contributed by atoms with E-state index in [-0.39, 0.29) is 5.91 Å². The lowest BCUT2D eigenvalue weighted by molar-refractivity contribution is -0.133. The van der Waals surface area contributed by atoms with E-state index in [1.807, 2.05) is 35.2 Å². The van der Waals surface area contributed by atoms with Crippen LogP contribution < -0.4 is 0 Å². The first-order valence-corrected chi connectivity index (χ1v) is 10.9. The van der Waals surface area contributed by atoms with E-state index in [0.717, 1.165) is 37.9 Å². The molecular formula is C23H38N2O2. The second kappa shape index (κ2) is 12.9. The van der Waals surface area contributed by atoms with Crippen molar-refractivity contribution in [1.82, 2.24) is 9.80 Å². The van der Waals surface area contributed by atoms with Crippen LogP contribution in [0.4, 0.5) is 0 Å². The number of rotatable bonds is 12. The van der Waals surface area contributed by atoms with E-state index in [4.69, 9.17) is 0 Å². The number of nitrogens with zero attached hydrogens (tertiary/aromatic N) is 2. The lowest BCUT2D eigenvalue weighted by atomic mass is 10.1. The van der Waals surface area contributed by atoms with Gasteiger partial charge in [0.05, 0.1) is 12.6 Å². The van der Waals surface area contributed by atoms with Crippen molar-refractivity contribution in [1.29, 1.82) is 0 Å². The molecule has 152 valence electrons. The molecule has 1 amide bonds. The molecule has 1 aromatic carbocycles. The molecule has 4 heteroatoms. The number of carbonyl (C=O) groups excluding carboxylic acids is 1. The highest BCUT2D eigenvalue weighted by Crippen LogP contribution is 2.16. The van der Waals surface area contributed by atoms with E-state index in [9.17, 15) is 9.90 Å². The summed E-state index contributed by atoms with van der Waals surface area (Å²) in [6.45, 7) is 6.77. The summed E-state index contributed by atoms with van der Waals surface area (Å²) in [5.41, 5.74) is 0.886. The third-order valence-corrected chi connectivity index (χ3v) is 5.53. The van der Waals surface area contributed by atoms with Gasteiger partial charge in [-0.1, -0.05) is 62.9 Å². The molecule has 0 saturated carbocycles. The molecule has 1 atom stereocenters. The fraction of sp³-hybridized carbons (Fsp3) is 0.696. The van der Waals surface area contributed by atoms with Crippen molar-refractivity contribution in [2.24, 2.45) is 0 Å². The molecule has 1 N–H and O–H groups in total. The normalized spacial score (nSPS) is 16.2. The van der Waals surface area contributed by atoms with Gasteiger partial charge in [-0.05, 0) is 50.9 Å². The SMILES string of the molecule is CCCCCCC(=O)N(CCCN1CCCCC1)CC(O)c1ccccc1. The van der Waals surface area contributed by atoms with Crippen molar-refractivity contribution in [2.45, 2.75) is 70.8 Å². The molecule has 0 aliphatic carbocycles. The van der Waals surface area contributed by atoms with Gasteiger partial charge in [0.15, 0.2) is 0 Å². The molecule has 1 aliphatic heterocycles. The van der Waals surface area contributed by atoms with Crippen LogP contribution in [0.3, 0.4) is 0 Å². The quantitative estimate of drug-likeness (QED) is 0.552. The lowest BCUT2D eigenvalue weighted by Crippen LogP contribution is -2.38. The third kappa shape index (κ3) is 8.44. The first-order chi connectivity index (χ1) is 13.2. The smallest absolute Gasteiger partial charge is 0.222 e. The minimum absolute atomic E-state index is 0.194. The minimum atomic E-state index is -0.610. The van der Waals surface area contributed by atoms with E-state index in [2.05, 4.69) is 11.8 Å². The van der Waals surface area contributed by atoms with Gasteiger partial charge in [-0.25, -0.2) is 0 Å². The number of carbonyl (C=O) groups is 1. The number of benzene rings is 1. The van der Waals surface area contributed by atoms with Crippen molar-refractivity contribution in [3.8, 4) is 0 Å². The highest BCUT2D eigenvalue weighted by atomic mass is 16.3. The predicted molar refractivity (Wildman–Crippen MR) is 112 cm³/mol. The molecule has 1 aliphatic rings. The molecule has 0 radical (unpaired) electrons. The summed E-state index contributed by atoms with van der Waals surface area (Å²) in [5.74, 6) is 0.194. The van der Waals surface area contributed by atoms with Gasteiger partial charge >= 0.3 is 0 Å². The molecule has 1 fully saturated rings.